The Kier molecular flexibility index (Phi) is 11.6. The molecule has 2 aliphatic heterocycles. The van der Waals surface area contributed by atoms with E-state index in [2.05, 4.69) is 0 Å². The Morgan fingerprint density at radius 2 is 1.57 bits per heavy atom. The minimum atomic E-state index is -0.500. The minimum absolute atomic E-state index is 0.220. The SMILES string of the molecule is CC(C)(C)O.CO.Cc1nc2cc3nn2c(c1CC=O)-c1ccc(cc1)OCCOCCOc1cc(F)ccc1-c1cccc-3c1. The Morgan fingerprint density at radius 1 is 0.891 bits per heavy atom. The summed E-state index contributed by atoms with van der Waals surface area (Å²) in [6.07, 6.45) is 1.11. The average molecular weight is 630 g/mol. The maximum atomic E-state index is 14.1. The van der Waals surface area contributed by atoms with Gasteiger partial charge in [-0.15, -0.1) is 0 Å². The highest BCUT2D eigenvalue weighted by Crippen LogP contribution is 2.35. The zero-order valence-corrected chi connectivity index (χ0v) is 26.8. The number of carbonyl (C=O) groups is 1. The Bertz CT molecular complexity index is 1760. The van der Waals surface area contributed by atoms with Gasteiger partial charge in [-0.2, -0.15) is 5.10 Å². The Labute approximate surface area is 268 Å². The van der Waals surface area contributed by atoms with Crippen molar-refractivity contribution >= 4 is 11.9 Å². The van der Waals surface area contributed by atoms with Crippen LogP contribution >= 0.6 is 0 Å². The van der Waals surface area contributed by atoms with Crippen LogP contribution < -0.4 is 9.47 Å². The van der Waals surface area contributed by atoms with Gasteiger partial charge in [-0.3, -0.25) is 0 Å². The summed E-state index contributed by atoms with van der Waals surface area (Å²) >= 11 is 0. The fourth-order valence-corrected chi connectivity index (χ4v) is 4.86. The van der Waals surface area contributed by atoms with Gasteiger partial charge >= 0.3 is 0 Å². The first-order valence-electron chi connectivity index (χ1n) is 14.9. The number of benzene rings is 3. The van der Waals surface area contributed by atoms with E-state index in [0.717, 1.165) is 58.3 Å². The Balaban J connectivity index is 0.000000628. The lowest BCUT2D eigenvalue weighted by molar-refractivity contribution is -0.107. The summed E-state index contributed by atoms with van der Waals surface area (Å²) in [5.41, 5.74) is 6.70. The van der Waals surface area contributed by atoms with Crippen molar-refractivity contribution in [2.45, 2.75) is 39.7 Å². The molecule has 2 aromatic heterocycles. The lowest BCUT2D eigenvalue weighted by Crippen LogP contribution is -2.12. The Morgan fingerprint density at radius 3 is 2.26 bits per heavy atom. The van der Waals surface area contributed by atoms with Gasteiger partial charge in [-0.05, 0) is 75.7 Å². The number of hydrogen-bond donors (Lipinski definition) is 2. The second kappa shape index (κ2) is 15.6. The molecule has 0 fully saturated rings. The van der Waals surface area contributed by atoms with Crippen LogP contribution in [0.2, 0.25) is 0 Å². The predicted octanol–water partition coefficient (Wildman–Crippen LogP) is 6.09. The third-order valence-electron chi connectivity index (χ3n) is 6.72. The van der Waals surface area contributed by atoms with Gasteiger partial charge in [-0.25, -0.2) is 13.9 Å². The number of aliphatic hydroxyl groups excluding tert-OH is 1. The van der Waals surface area contributed by atoms with Crippen molar-refractivity contribution in [2.75, 3.05) is 33.5 Å². The number of aryl methyl sites for hydroxylation is 1. The van der Waals surface area contributed by atoms with E-state index in [9.17, 15) is 9.18 Å². The van der Waals surface area contributed by atoms with Crippen LogP contribution in [-0.4, -0.2) is 70.2 Å². The van der Waals surface area contributed by atoms with Gasteiger partial charge < -0.3 is 29.2 Å². The summed E-state index contributed by atoms with van der Waals surface area (Å²) in [6.45, 7) is 8.50. The first-order chi connectivity index (χ1) is 22.1. The minimum Gasteiger partial charge on any atom is -0.491 e. The van der Waals surface area contributed by atoms with Gasteiger partial charge in [-0.1, -0.05) is 18.2 Å². The van der Waals surface area contributed by atoms with Crippen molar-refractivity contribution in [2.24, 2.45) is 0 Å². The molecule has 242 valence electrons. The van der Waals surface area contributed by atoms with Crippen LogP contribution in [0, 0.1) is 12.7 Å². The summed E-state index contributed by atoms with van der Waals surface area (Å²) in [5, 5.41) is 20.5. The van der Waals surface area contributed by atoms with E-state index in [0.29, 0.717) is 37.0 Å². The number of aldehydes is 1. The maximum absolute atomic E-state index is 14.1. The van der Waals surface area contributed by atoms with Crippen LogP contribution in [0.1, 0.15) is 32.0 Å². The van der Waals surface area contributed by atoms with Gasteiger partial charge in [0.05, 0.1) is 30.2 Å². The zero-order chi connectivity index (χ0) is 33.3. The summed E-state index contributed by atoms with van der Waals surface area (Å²) < 4.78 is 33.3. The van der Waals surface area contributed by atoms with Crippen LogP contribution in [-0.2, 0) is 16.0 Å². The van der Waals surface area contributed by atoms with E-state index in [1.54, 1.807) is 31.4 Å². The number of halogens is 1. The third kappa shape index (κ3) is 8.75. The van der Waals surface area contributed by atoms with Crippen LogP contribution in [0.3, 0.4) is 0 Å². The number of aliphatic hydroxyl groups is 2. The molecule has 0 amide bonds. The molecule has 0 saturated heterocycles. The quantitative estimate of drug-likeness (QED) is 0.178. The number of nitrogens with zero attached hydrogens (tertiary/aromatic N) is 3. The molecule has 6 bridgehead atoms. The fraction of sp³-hybridized carbons (Fsp3) is 0.306. The van der Waals surface area contributed by atoms with Gasteiger partial charge in [0.2, 0.25) is 0 Å². The molecule has 9 nitrogen and oxygen atoms in total. The lowest BCUT2D eigenvalue weighted by atomic mass is 10.0. The van der Waals surface area contributed by atoms with Gasteiger partial charge in [0.25, 0.3) is 0 Å². The third-order valence-corrected chi connectivity index (χ3v) is 6.72. The van der Waals surface area contributed by atoms with E-state index < -0.39 is 5.60 Å². The largest absolute Gasteiger partial charge is 0.491 e. The van der Waals surface area contributed by atoms with Crippen LogP contribution in [0.4, 0.5) is 4.39 Å². The molecule has 2 N–H and O–H groups in total. The Hall–Kier alpha value is -4.64. The molecule has 3 aromatic carbocycles. The van der Waals surface area contributed by atoms with Crippen molar-refractivity contribution in [1.29, 1.82) is 0 Å². The molecule has 0 aliphatic carbocycles. The molecule has 0 spiro atoms. The molecule has 5 aromatic rings. The fourth-order valence-electron chi connectivity index (χ4n) is 4.86. The van der Waals surface area contributed by atoms with Gasteiger partial charge in [0.1, 0.15) is 36.8 Å². The lowest BCUT2D eigenvalue weighted by Gasteiger charge is -2.14. The molecular formula is C36H40FN3O6. The highest BCUT2D eigenvalue weighted by Gasteiger charge is 2.18. The normalized spacial score (nSPS) is 12.9. The van der Waals surface area contributed by atoms with Crippen molar-refractivity contribution in [3.8, 4) is 45.1 Å². The average Bonchev–Trinajstić information content (AvgIpc) is 3.45. The van der Waals surface area contributed by atoms with E-state index in [-0.39, 0.29) is 18.8 Å². The number of rotatable bonds is 2. The highest BCUT2D eigenvalue weighted by molar-refractivity contribution is 5.78. The molecular weight excluding hydrogens is 589 g/mol. The van der Waals surface area contributed by atoms with Crippen molar-refractivity contribution in [3.63, 3.8) is 0 Å². The smallest absolute Gasteiger partial charge is 0.156 e. The molecule has 0 unspecified atom stereocenters. The summed E-state index contributed by atoms with van der Waals surface area (Å²) in [4.78, 5) is 16.4. The predicted molar refractivity (Wildman–Crippen MR) is 176 cm³/mol. The topological polar surface area (TPSA) is 115 Å². The number of carbonyl (C=O) groups excluding carboxylic acids is 1. The number of aromatic nitrogens is 3. The van der Waals surface area contributed by atoms with E-state index >= 15 is 0 Å². The molecule has 10 heteroatoms. The molecule has 7 rings (SSSR count). The van der Waals surface area contributed by atoms with Crippen LogP contribution in [0.25, 0.3) is 39.3 Å². The highest BCUT2D eigenvalue weighted by atomic mass is 19.1. The first kappa shape index (κ1) is 34.2. The maximum Gasteiger partial charge on any atom is 0.156 e. The van der Waals surface area contributed by atoms with E-state index in [1.165, 1.54) is 12.1 Å². The molecule has 46 heavy (non-hydrogen) atoms. The first-order valence-corrected chi connectivity index (χ1v) is 14.9. The molecule has 0 saturated carbocycles. The monoisotopic (exact) mass is 629 g/mol. The van der Waals surface area contributed by atoms with E-state index in [4.69, 9.17) is 34.5 Å². The summed E-state index contributed by atoms with van der Waals surface area (Å²) in [5.74, 6) is 0.767. The molecule has 0 atom stereocenters. The summed E-state index contributed by atoms with van der Waals surface area (Å²) in [6, 6.07) is 22.0. The molecule has 4 heterocycles. The number of fused-ring (bicyclic) bond motifs is 8. The van der Waals surface area contributed by atoms with Crippen molar-refractivity contribution in [3.05, 3.63) is 89.9 Å². The van der Waals surface area contributed by atoms with Gasteiger partial charge in [0, 0.05) is 53.6 Å². The van der Waals surface area contributed by atoms with Crippen LogP contribution in [0.5, 0.6) is 11.5 Å². The molecule has 2 aliphatic rings. The van der Waals surface area contributed by atoms with Gasteiger partial charge in [0.15, 0.2) is 5.65 Å². The second-order valence-corrected chi connectivity index (χ2v) is 11.4. The molecule has 0 radical (unpaired) electrons. The summed E-state index contributed by atoms with van der Waals surface area (Å²) in [7, 11) is 1.00. The number of hydrogen-bond acceptors (Lipinski definition) is 8. The second-order valence-electron chi connectivity index (χ2n) is 11.4. The van der Waals surface area contributed by atoms with E-state index in [1.807, 2.05) is 61.5 Å². The zero-order valence-electron chi connectivity index (χ0n) is 26.8. The van der Waals surface area contributed by atoms with Crippen LogP contribution in [0.15, 0.2) is 72.8 Å². The van der Waals surface area contributed by atoms with Crippen molar-refractivity contribution < 1.29 is 33.6 Å². The standard InChI is InChI=1S/C31H26FN3O4.C4H10O.CH4O/c1-20-26(11-12-36)31-21-5-8-25(9-6-21)38-15-13-37-14-16-39-29-18-24(32)7-10-27(29)22-3-2-4-23(17-22)28-19-30(33-20)35(31)34-28;1-4(2,3)5;1-2/h2-10,12,17-19H,11,13-16H2,1H3;5H,1-3H3;2H,1H3. The van der Waals surface area contributed by atoms with Crippen molar-refractivity contribution in [1.82, 2.24) is 14.6 Å². The number of ether oxygens (including phenoxy) is 3.